The molecule has 0 amide bonds. The normalized spacial score (nSPS) is 10.3. The number of ketones is 1. The van der Waals surface area contributed by atoms with Gasteiger partial charge in [-0.25, -0.2) is 9.78 Å². The molecule has 0 atom stereocenters. The Kier molecular flexibility index (Phi) is 4.41. The SMILES string of the molecule is CCOC(=O)c1nc(NCc2ncon2)sc1C(C)=O. The molecule has 9 heteroatoms. The molecule has 0 aliphatic heterocycles. The first kappa shape index (κ1) is 14.1. The van der Waals surface area contributed by atoms with E-state index in [1.54, 1.807) is 6.92 Å². The van der Waals surface area contributed by atoms with Crippen LogP contribution in [0, 0.1) is 0 Å². The van der Waals surface area contributed by atoms with Gasteiger partial charge in [0.25, 0.3) is 0 Å². The number of esters is 1. The van der Waals surface area contributed by atoms with E-state index in [4.69, 9.17) is 4.74 Å². The molecule has 0 aromatic carbocycles. The lowest BCUT2D eigenvalue weighted by molar-refractivity contribution is 0.0517. The van der Waals surface area contributed by atoms with Crippen molar-refractivity contribution in [2.45, 2.75) is 20.4 Å². The van der Waals surface area contributed by atoms with Crippen molar-refractivity contribution >= 4 is 28.2 Å². The number of nitrogens with one attached hydrogen (secondary N) is 1. The second kappa shape index (κ2) is 6.24. The Bertz CT molecular complexity index is 608. The van der Waals surface area contributed by atoms with Crippen LogP contribution in [0.4, 0.5) is 5.13 Å². The summed E-state index contributed by atoms with van der Waals surface area (Å²) in [7, 11) is 0. The third-order valence-corrected chi connectivity index (χ3v) is 3.33. The second-order valence-electron chi connectivity index (χ2n) is 3.67. The van der Waals surface area contributed by atoms with E-state index in [0.717, 1.165) is 11.3 Å². The maximum Gasteiger partial charge on any atom is 0.358 e. The standard InChI is InChI=1S/C11H12N4O4S/c1-3-18-10(17)8-9(6(2)16)20-11(14-8)12-4-7-13-5-19-15-7/h5H,3-4H2,1-2H3,(H,12,14). The van der Waals surface area contributed by atoms with Crippen molar-refractivity contribution in [1.29, 1.82) is 0 Å². The van der Waals surface area contributed by atoms with Crippen LogP contribution in [0.25, 0.3) is 0 Å². The quantitative estimate of drug-likeness (QED) is 0.631. The lowest BCUT2D eigenvalue weighted by Crippen LogP contribution is -2.09. The van der Waals surface area contributed by atoms with Gasteiger partial charge in [0.1, 0.15) is 4.88 Å². The highest BCUT2D eigenvalue weighted by atomic mass is 32.1. The molecule has 2 rings (SSSR count). The molecule has 2 aromatic heterocycles. The zero-order chi connectivity index (χ0) is 14.5. The Morgan fingerprint density at radius 1 is 1.50 bits per heavy atom. The molecule has 0 saturated heterocycles. The summed E-state index contributed by atoms with van der Waals surface area (Å²) in [5.41, 5.74) is 0.0277. The number of carbonyl (C=O) groups is 2. The Morgan fingerprint density at radius 2 is 2.30 bits per heavy atom. The van der Waals surface area contributed by atoms with E-state index in [1.165, 1.54) is 13.3 Å². The van der Waals surface area contributed by atoms with E-state index in [-0.39, 0.29) is 29.5 Å². The average Bonchev–Trinajstić information content (AvgIpc) is 3.06. The van der Waals surface area contributed by atoms with Crippen LogP contribution in [0.2, 0.25) is 0 Å². The van der Waals surface area contributed by atoms with Crippen molar-refractivity contribution in [2.75, 3.05) is 11.9 Å². The summed E-state index contributed by atoms with van der Waals surface area (Å²) in [6.07, 6.45) is 1.21. The largest absolute Gasteiger partial charge is 0.461 e. The molecule has 1 N–H and O–H groups in total. The average molecular weight is 296 g/mol. The second-order valence-corrected chi connectivity index (χ2v) is 4.67. The van der Waals surface area contributed by atoms with Crippen LogP contribution < -0.4 is 5.32 Å². The minimum absolute atomic E-state index is 0.0277. The van der Waals surface area contributed by atoms with Crippen molar-refractivity contribution < 1.29 is 18.8 Å². The van der Waals surface area contributed by atoms with Gasteiger partial charge < -0.3 is 14.6 Å². The number of hydrogen-bond donors (Lipinski definition) is 1. The number of carbonyl (C=O) groups excluding carboxylic acids is 2. The Labute approximate surface area is 118 Å². The molecule has 106 valence electrons. The molecule has 0 aliphatic carbocycles. The number of hydrogen-bond acceptors (Lipinski definition) is 9. The maximum absolute atomic E-state index is 11.7. The minimum Gasteiger partial charge on any atom is -0.461 e. The van der Waals surface area contributed by atoms with Gasteiger partial charge in [-0.05, 0) is 6.92 Å². The number of aromatic nitrogens is 3. The predicted octanol–water partition coefficient (Wildman–Crippen LogP) is 1.52. The van der Waals surface area contributed by atoms with Gasteiger partial charge in [0.2, 0.25) is 6.39 Å². The highest BCUT2D eigenvalue weighted by Crippen LogP contribution is 2.24. The number of Topliss-reactive ketones (excluding diaryl/α,β-unsaturated/α-hetero) is 1. The van der Waals surface area contributed by atoms with Crippen LogP contribution in [-0.2, 0) is 11.3 Å². The topological polar surface area (TPSA) is 107 Å². The van der Waals surface area contributed by atoms with Gasteiger partial charge in [-0.3, -0.25) is 4.79 Å². The lowest BCUT2D eigenvalue weighted by Gasteiger charge is -1.99. The maximum atomic E-state index is 11.7. The van der Waals surface area contributed by atoms with E-state index in [2.05, 4.69) is 25.0 Å². The van der Waals surface area contributed by atoms with Crippen LogP contribution in [0.15, 0.2) is 10.9 Å². The van der Waals surface area contributed by atoms with Gasteiger partial charge in [0.15, 0.2) is 22.4 Å². The number of rotatable bonds is 6. The van der Waals surface area contributed by atoms with Crippen LogP contribution in [0.1, 0.15) is 39.8 Å². The third-order valence-electron chi connectivity index (χ3n) is 2.22. The van der Waals surface area contributed by atoms with Gasteiger partial charge >= 0.3 is 5.97 Å². The fourth-order valence-electron chi connectivity index (χ4n) is 1.40. The Balaban J connectivity index is 2.16. The van der Waals surface area contributed by atoms with E-state index >= 15 is 0 Å². The highest BCUT2D eigenvalue weighted by molar-refractivity contribution is 7.17. The summed E-state index contributed by atoms with van der Waals surface area (Å²) in [4.78, 5) is 31.4. The molecular weight excluding hydrogens is 284 g/mol. The summed E-state index contributed by atoms with van der Waals surface area (Å²) in [6.45, 7) is 3.56. The summed E-state index contributed by atoms with van der Waals surface area (Å²) >= 11 is 1.08. The molecule has 0 fully saturated rings. The zero-order valence-electron chi connectivity index (χ0n) is 10.9. The molecule has 20 heavy (non-hydrogen) atoms. The predicted molar refractivity (Wildman–Crippen MR) is 69.7 cm³/mol. The van der Waals surface area contributed by atoms with Crippen LogP contribution in [0.3, 0.4) is 0 Å². The number of nitrogens with zero attached hydrogens (tertiary/aromatic N) is 3. The van der Waals surface area contributed by atoms with Gasteiger partial charge in [-0.1, -0.05) is 16.5 Å². The van der Waals surface area contributed by atoms with E-state index in [9.17, 15) is 9.59 Å². The van der Waals surface area contributed by atoms with Crippen LogP contribution in [-0.4, -0.2) is 33.5 Å². The van der Waals surface area contributed by atoms with Crippen molar-refractivity contribution in [3.05, 3.63) is 22.8 Å². The number of ether oxygens (including phenoxy) is 1. The van der Waals surface area contributed by atoms with Crippen LogP contribution in [0.5, 0.6) is 0 Å². The van der Waals surface area contributed by atoms with Gasteiger partial charge in [-0.15, -0.1) is 0 Å². The summed E-state index contributed by atoms with van der Waals surface area (Å²) < 4.78 is 9.46. The molecule has 0 spiro atoms. The zero-order valence-corrected chi connectivity index (χ0v) is 11.7. The summed E-state index contributed by atoms with van der Waals surface area (Å²) in [5.74, 6) is -0.401. The summed E-state index contributed by atoms with van der Waals surface area (Å²) in [5, 5.41) is 6.97. The van der Waals surface area contributed by atoms with Crippen molar-refractivity contribution in [1.82, 2.24) is 15.1 Å². The molecule has 2 aromatic rings. The molecule has 0 unspecified atom stereocenters. The summed E-state index contributed by atoms with van der Waals surface area (Å²) in [6, 6.07) is 0. The number of anilines is 1. The molecule has 0 bridgehead atoms. The minimum atomic E-state index is -0.610. The lowest BCUT2D eigenvalue weighted by atomic mass is 10.3. The molecule has 0 saturated carbocycles. The first-order chi connectivity index (χ1) is 9.61. The first-order valence-corrected chi connectivity index (χ1v) is 6.61. The van der Waals surface area contributed by atoms with Gasteiger partial charge in [-0.2, -0.15) is 4.98 Å². The third kappa shape index (κ3) is 3.18. The van der Waals surface area contributed by atoms with Gasteiger partial charge in [0.05, 0.1) is 13.2 Å². The Hall–Kier alpha value is -2.29. The first-order valence-electron chi connectivity index (χ1n) is 5.79. The fourth-order valence-corrected chi connectivity index (χ4v) is 2.24. The Morgan fingerprint density at radius 3 is 2.90 bits per heavy atom. The van der Waals surface area contributed by atoms with Crippen molar-refractivity contribution in [3.8, 4) is 0 Å². The highest BCUT2D eigenvalue weighted by Gasteiger charge is 2.22. The molecule has 2 heterocycles. The monoisotopic (exact) mass is 296 g/mol. The molecule has 8 nitrogen and oxygen atoms in total. The van der Waals surface area contributed by atoms with E-state index < -0.39 is 5.97 Å². The fraction of sp³-hybridized carbons (Fsp3) is 0.364. The van der Waals surface area contributed by atoms with Crippen molar-refractivity contribution in [2.24, 2.45) is 0 Å². The van der Waals surface area contributed by atoms with E-state index in [1.807, 2.05) is 0 Å². The van der Waals surface area contributed by atoms with E-state index in [0.29, 0.717) is 11.0 Å². The molecular formula is C11H12N4O4S. The smallest absolute Gasteiger partial charge is 0.358 e. The molecule has 0 radical (unpaired) electrons. The van der Waals surface area contributed by atoms with Gasteiger partial charge in [0, 0.05) is 6.92 Å². The molecule has 0 aliphatic rings. The van der Waals surface area contributed by atoms with Crippen LogP contribution >= 0.6 is 11.3 Å². The number of thiazole rings is 1. The van der Waals surface area contributed by atoms with Crippen molar-refractivity contribution in [3.63, 3.8) is 0 Å².